The molecular weight excluding hydrogens is 595 g/mol. The number of likely N-dealkylation sites (tertiary alicyclic amines) is 2. The van der Waals surface area contributed by atoms with Gasteiger partial charge < -0.3 is 14.7 Å². The molecule has 3 aliphatic heterocycles. The molecule has 0 unspecified atom stereocenters. The summed E-state index contributed by atoms with van der Waals surface area (Å²) in [4.78, 5) is 21.2. The van der Waals surface area contributed by atoms with Crippen molar-refractivity contribution in [1.29, 1.82) is 0 Å². The lowest BCUT2D eigenvalue weighted by molar-refractivity contribution is -0.0847. The van der Waals surface area contributed by atoms with Crippen molar-refractivity contribution in [2.45, 2.75) is 94.9 Å². The number of hydrogen-bond acceptors (Lipinski definition) is 10. The fraction of sp³-hybridized carbons (Fsp3) is 0.639. The van der Waals surface area contributed by atoms with Gasteiger partial charge in [0.25, 0.3) is 5.88 Å². The van der Waals surface area contributed by atoms with Crippen molar-refractivity contribution >= 4 is 5.82 Å². The largest absolute Gasteiger partial charge is 0.434 e. The molecular formula is C36H45FN8O2. The van der Waals surface area contributed by atoms with Crippen LogP contribution in [0.3, 0.4) is 0 Å². The Morgan fingerprint density at radius 2 is 1.81 bits per heavy atom. The zero-order valence-electron chi connectivity index (χ0n) is 27.4. The highest BCUT2D eigenvalue weighted by atomic mass is 19.1. The van der Waals surface area contributed by atoms with Crippen LogP contribution in [0.1, 0.15) is 76.8 Å². The van der Waals surface area contributed by atoms with Crippen molar-refractivity contribution in [2.75, 3.05) is 37.6 Å². The van der Waals surface area contributed by atoms with Gasteiger partial charge >= 0.3 is 0 Å². The second-order valence-corrected chi connectivity index (χ2v) is 15.7. The molecule has 1 aromatic carbocycles. The third-order valence-corrected chi connectivity index (χ3v) is 12.3. The molecule has 10 nitrogen and oxygen atoms in total. The summed E-state index contributed by atoms with van der Waals surface area (Å²) in [6, 6.07) is 5.80. The molecule has 47 heavy (non-hydrogen) atoms. The van der Waals surface area contributed by atoms with Crippen LogP contribution in [0.2, 0.25) is 0 Å². The molecule has 3 saturated heterocycles. The van der Waals surface area contributed by atoms with Gasteiger partial charge in [-0.1, -0.05) is 13.8 Å². The normalized spacial score (nSPS) is 28.5. The second-order valence-electron chi connectivity index (χ2n) is 15.7. The SMILES string of the molecule is CC(C)[C@H](C1CC(N2CC[C@@H](O)C23CC3)C1)N1CC2(CCN(c3ncnnc3Oc3ccc(F)cc3-c3cncnc3C3CC3)C2)C1. The van der Waals surface area contributed by atoms with Crippen LogP contribution >= 0.6 is 0 Å². The monoisotopic (exact) mass is 640 g/mol. The van der Waals surface area contributed by atoms with Gasteiger partial charge in [0.1, 0.15) is 24.2 Å². The quantitative estimate of drug-likeness (QED) is 0.342. The Morgan fingerprint density at radius 1 is 0.979 bits per heavy atom. The van der Waals surface area contributed by atoms with E-state index in [-0.39, 0.29) is 22.9 Å². The lowest BCUT2D eigenvalue weighted by atomic mass is 9.68. The number of rotatable bonds is 9. The summed E-state index contributed by atoms with van der Waals surface area (Å²) < 4.78 is 21.0. The third kappa shape index (κ3) is 5.11. The molecule has 2 atom stereocenters. The van der Waals surface area contributed by atoms with Crippen LogP contribution in [0.15, 0.2) is 37.1 Å². The van der Waals surface area contributed by atoms with Crippen LogP contribution in [-0.2, 0) is 0 Å². The van der Waals surface area contributed by atoms with Crippen molar-refractivity contribution in [3.8, 4) is 22.8 Å². The summed E-state index contributed by atoms with van der Waals surface area (Å²) in [5.41, 5.74) is 2.70. The third-order valence-electron chi connectivity index (χ3n) is 12.3. The molecule has 11 heteroatoms. The molecule has 0 amide bonds. The summed E-state index contributed by atoms with van der Waals surface area (Å²) >= 11 is 0. The van der Waals surface area contributed by atoms with E-state index < -0.39 is 0 Å². The van der Waals surface area contributed by atoms with E-state index in [0.29, 0.717) is 46.9 Å². The van der Waals surface area contributed by atoms with Gasteiger partial charge in [-0.3, -0.25) is 9.80 Å². The van der Waals surface area contributed by atoms with Gasteiger partial charge in [-0.2, -0.15) is 0 Å². The van der Waals surface area contributed by atoms with E-state index in [4.69, 9.17) is 4.74 Å². The summed E-state index contributed by atoms with van der Waals surface area (Å²) in [6.45, 7) is 9.85. The number of nitrogens with zero attached hydrogens (tertiary/aromatic N) is 8. The van der Waals surface area contributed by atoms with Crippen LogP contribution in [0.25, 0.3) is 11.1 Å². The van der Waals surface area contributed by atoms with Crippen LogP contribution in [0.4, 0.5) is 10.2 Å². The number of anilines is 1. The first kappa shape index (κ1) is 29.8. The molecule has 6 aliphatic rings. The van der Waals surface area contributed by atoms with E-state index in [1.807, 2.05) is 0 Å². The molecule has 9 rings (SSSR count). The minimum Gasteiger partial charge on any atom is -0.434 e. The molecule has 0 bridgehead atoms. The predicted octanol–water partition coefficient (Wildman–Crippen LogP) is 5.05. The summed E-state index contributed by atoms with van der Waals surface area (Å²) in [6.07, 6.45) is 13.8. The second kappa shape index (κ2) is 11.1. The van der Waals surface area contributed by atoms with Crippen LogP contribution in [0, 0.1) is 23.1 Å². The highest BCUT2D eigenvalue weighted by molar-refractivity contribution is 5.73. The van der Waals surface area contributed by atoms with Gasteiger partial charge in [0.05, 0.1) is 11.8 Å². The molecule has 3 aliphatic carbocycles. The average Bonchev–Trinajstić information content (AvgIpc) is 3.96. The van der Waals surface area contributed by atoms with Crippen LogP contribution in [0.5, 0.6) is 11.6 Å². The van der Waals surface area contributed by atoms with E-state index in [9.17, 15) is 9.50 Å². The van der Waals surface area contributed by atoms with Gasteiger partial charge in [-0.05, 0) is 81.4 Å². The number of benzene rings is 1. The van der Waals surface area contributed by atoms with E-state index >= 15 is 0 Å². The Labute approximate surface area is 275 Å². The van der Waals surface area contributed by atoms with E-state index in [1.165, 1.54) is 44.1 Å². The maximum Gasteiger partial charge on any atom is 0.282 e. The van der Waals surface area contributed by atoms with Gasteiger partial charge in [0.2, 0.25) is 0 Å². The number of aliphatic hydroxyl groups is 1. The summed E-state index contributed by atoms with van der Waals surface area (Å²) in [5, 5.41) is 19.0. The number of ether oxygens (including phenoxy) is 1. The lowest BCUT2D eigenvalue weighted by Crippen LogP contribution is -2.65. The van der Waals surface area contributed by atoms with E-state index in [0.717, 1.165) is 75.6 Å². The van der Waals surface area contributed by atoms with Gasteiger partial charge in [0.15, 0.2) is 5.82 Å². The molecule has 2 spiro atoms. The molecule has 248 valence electrons. The Hall–Kier alpha value is -3.28. The first-order valence-corrected chi connectivity index (χ1v) is 17.7. The zero-order valence-corrected chi connectivity index (χ0v) is 27.4. The molecule has 6 fully saturated rings. The first-order valence-electron chi connectivity index (χ1n) is 17.7. The van der Waals surface area contributed by atoms with Crippen molar-refractivity contribution in [1.82, 2.24) is 34.9 Å². The van der Waals surface area contributed by atoms with E-state index in [1.54, 1.807) is 18.6 Å². The topological polar surface area (TPSA) is 104 Å². The Bertz CT molecular complexity index is 1650. The molecule has 3 aromatic rings. The standard InChI is InChI=1S/C36H45FN8O2/c1-22(2)32(24-13-26(14-24)45-11-7-30(46)36(45)8-9-36)44-18-35(19-44)10-12-43(17-35)33-34(42-41-21-40-33)47-29-6-5-25(37)15-27(29)28-16-38-20-39-31(28)23-3-4-23/h5-6,15-16,20-24,26,30,32,46H,3-4,7-14,17-19H2,1-2H3/t24?,26?,30-,32-/m1/s1. The minimum atomic E-state index is -0.342. The fourth-order valence-corrected chi connectivity index (χ4v) is 9.74. The maximum atomic E-state index is 14.6. The Morgan fingerprint density at radius 3 is 2.57 bits per heavy atom. The highest BCUT2D eigenvalue weighted by Gasteiger charge is 2.61. The maximum absolute atomic E-state index is 14.6. The number of halogens is 1. The van der Waals surface area contributed by atoms with E-state index in [2.05, 4.69) is 53.7 Å². The van der Waals surface area contributed by atoms with Crippen molar-refractivity contribution in [3.05, 3.63) is 48.6 Å². The Balaban J connectivity index is 0.881. The molecule has 1 N–H and O–H groups in total. The zero-order chi connectivity index (χ0) is 31.9. The highest BCUT2D eigenvalue weighted by Crippen LogP contribution is 2.55. The number of aliphatic hydroxyl groups excluding tert-OH is 1. The molecule has 5 heterocycles. The molecule has 2 aromatic heterocycles. The summed E-state index contributed by atoms with van der Waals surface area (Å²) in [7, 11) is 0. The predicted molar refractivity (Wildman–Crippen MR) is 175 cm³/mol. The van der Waals surface area contributed by atoms with Gasteiger partial charge in [-0.15, -0.1) is 10.2 Å². The van der Waals surface area contributed by atoms with Crippen molar-refractivity contribution in [2.24, 2.45) is 17.3 Å². The Kier molecular flexibility index (Phi) is 7.07. The lowest BCUT2D eigenvalue weighted by Gasteiger charge is -2.58. The van der Waals surface area contributed by atoms with Crippen molar-refractivity contribution < 1.29 is 14.2 Å². The molecule has 3 saturated carbocycles. The van der Waals surface area contributed by atoms with Gasteiger partial charge in [-0.25, -0.2) is 19.3 Å². The van der Waals surface area contributed by atoms with Crippen molar-refractivity contribution in [3.63, 3.8) is 0 Å². The summed E-state index contributed by atoms with van der Waals surface area (Å²) in [5.74, 6) is 2.88. The van der Waals surface area contributed by atoms with Crippen LogP contribution < -0.4 is 9.64 Å². The smallest absolute Gasteiger partial charge is 0.282 e. The number of aromatic nitrogens is 5. The average molecular weight is 641 g/mol. The minimum absolute atomic E-state index is 0.115. The number of hydrogen-bond donors (Lipinski definition) is 1. The fourth-order valence-electron chi connectivity index (χ4n) is 9.74. The molecule has 0 radical (unpaired) electrons. The van der Waals surface area contributed by atoms with Gasteiger partial charge in [0, 0.05) is 79.0 Å². The van der Waals surface area contributed by atoms with Crippen LogP contribution in [-0.4, -0.2) is 96.5 Å². The first-order chi connectivity index (χ1) is 22.8.